The summed E-state index contributed by atoms with van der Waals surface area (Å²) in [5.74, 6) is 0.196. The van der Waals surface area contributed by atoms with Crippen molar-refractivity contribution in [2.24, 2.45) is 5.92 Å². The maximum atomic E-state index is 13.1. The van der Waals surface area contributed by atoms with Crippen LogP contribution < -0.4 is 13.8 Å². The van der Waals surface area contributed by atoms with E-state index in [-0.39, 0.29) is 22.7 Å². The van der Waals surface area contributed by atoms with Gasteiger partial charge in [-0.05, 0) is 56.2 Å². The Morgan fingerprint density at radius 1 is 1.00 bits per heavy atom. The van der Waals surface area contributed by atoms with Crippen molar-refractivity contribution in [3.63, 3.8) is 0 Å². The average molecular weight is 491 g/mol. The summed E-state index contributed by atoms with van der Waals surface area (Å²) < 4.78 is 42.8. The molecule has 0 radical (unpaired) electrons. The van der Waals surface area contributed by atoms with E-state index in [1.165, 1.54) is 39.5 Å². The molecule has 1 aliphatic heterocycles. The zero-order valence-electron chi connectivity index (χ0n) is 19.8. The molecule has 9 nitrogen and oxygen atoms in total. The first kappa shape index (κ1) is 25.4. The molecule has 2 aromatic rings. The number of nitrogens with zero attached hydrogens (tertiary/aromatic N) is 2. The van der Waals surface area contributed by atoms with Gasteiger partial charge in [0.1, 0.15) is 0 Å². The molecule has 0 unspecified atom stereocenters. The number of carbonyl (C=O) groups is 2. The number of carbonyl (C=O) groups excluding carboxylic acids is 2. The van der Waals surface area contributed by atoms with Crippen LogP contribution in [0.2, 0.25) is 0 Å². The lowest BCUT2D eigenvalue weighted by Gasteiger charge is -2.31. The van der Waals surface area contributed by atoms with E-state index >= 15 is 0 Å². The van der Waals surface area contributed by atoms with Crippen LogP contribution in [0.15, 0.2) is 47.4 Å². The highest BCUT2D eigenvalue weighted by molar-refractivity contribution is 7.92. The molecule has 3 rings (SSSR count). The lowest BCUT2D eigenvalue weighted by Crippen LogP contribution is -2.40. The Balaban J connectivity index is 1.70. The second kappa shape index (κ2) is 10.8. The highest BCUT2D eigenvalue weighted by Gasteiger charge is 2.29. The van der Waals surface area contributed by atoms with Crippen LogP contribution in [-0.4, -0.2) is 66.2 Å². The van der Waals surface area contributed by atoms with E-state index in [1.54, 1.807) is 36.1 Å². The van der Waals surface area contributed by atoms with Crippen LogP contribution in [0, 0.1) is 5.92 Å². The van der Waals surface area contributed by atoms with Crippen molar-refractivity contribution >= 4 is 27.6 Å². The van der Waals surface area contributed by atoms with Gasteiger partial charge in [-0.15, -0.1) is 0 Å². The minimum absolute atomic E-state index is 0.0530. The standard InChI is InChI=1S/C24H30N2O7S/c1-5-33-24(28)18-12-14-26(15-13-18)23(27)17-6-8-19(9-7-17)25(2)34(29,30)20-10-11-21(31-3)22(16-20)32-4/h6-11,16,18H,5,12-15H2,1-4H3. The minimum atomic E-state index is -3.86. The average Bonchev–Trinajstić information content (AvgIpc) is 2.87. The molecule has 0 aromatic heterocycles. The normalized spacial score (nSPS) is 14.4. The second-order valence-corrected chi connectivity index (χ2v) is 9.82. The Labute approximate surface area is 200 Å². The summed E-state index contributed by atoms with van der Waals surface area (Å²) in [7, 11) is 0.497. The van der Waals surface area contributed by atoms with Crippen LogP contribution in [-0.2, 0) is 19.6 Å². The quantitative estimate of drug-likeness (QED) is 0.524. The molecule has 34 heavy (non-hydrogen) atoms. The Kier molecular flexibility index (Phi) is 8.03. The molecule has 1 amide bonds. The van der Waals surface area contributed by atoms with E-state index in [1.807, 2.05) is 0 Å². The molecule has 1 saturated heterocycles. The number of hydrogen-bond acceptors (Lipinski definition) is 7. The van der Waals surface area contributed by atoms with Crippen molar-refractivity contribution in [2.45, 2.75) is 24.7 Å². The van der Waals surface area contributed by atoms with Crippen LogP contribution in [0.1, 0.15) is 30.1 Å². The van der Waals surface area contributed by atoms with E-state index < -0.39 is 10.0 Å². The number of esters is 1. The SMILES string of the molecule is CCOC(=O)C1CCN(C(=O)c2ccc(N(C)S(=O)(=O)c3ccc(OC)c(OC)c3)cc2)CC1. The van der Waals surface area contributed by atoms with Gasteiger partial charge in [-0.25, -0.2) is 8.42 Å². The molecule has 2 aromatic carbocycles. The van der Waals surface area contributed by atoms with Crippen LogP contribution in [0.5, 0.6) is 11.5 Å². The number of rotatable bonds is 8. The third kappa shape index (κ3) is 5.27. The van der Waals surface area contributed by atoms with Gasteiger partial charge in [0.15, 0.2) is 11.5 Å². The Morgan fingerprint density at radius 3 is 2.18 bits per heavy atom. The maximum Gasteiger partial charge on any atom is 0.309 e. The first-order chi connectivity index (χ1) is 16.2. The Morgan fingerprint density at radius 2 is 1.62 bits per heavy atom. The molecule has 1 heterocycles. The number of hydrogen-bond donors (Lipinski definition) is 0. The smallest absolute Gasteiger partial charge is 0.309 e. The fraction of sp³-hybridized carbons (Fsp3) is 0.417. The first-order valence-corrected chi connectivity index (χ1v) is 12.4. The van der Waals surface area contributed by atoms with Crippen molar-refractivity contribution in [2.75, 3.05) is 45.3 Å². The minimum Gasteiger partial charge on any atom is -0.493 e. The zero-order valence-corrected chi connectivity index (χ0v) is 20.6. The number of ether oxygens (including phenoxy) is 3. The third-order valence-corrected chi connectivity index (χ3v) is 7.67. The topological polar surface area (TPSA) is 102 Å². The van der Waals surface area contributed by atoms with E-state index in [4.69, 9.17) is 14.2 Å². The number of likely N-dealkylation sites (tertiary alicyclic amines) is 1. The van der Waals surface area contributed by atoms with Crippen LogP contribution >= 0.6 is 0 Å². The Bertz CT molecular complexity index is 1120. The van der Waals surface area contributed by atoms with Gasteiger partial charge < -0.3 is 19.1 Å². The van der Waals surface area contributed by atoms with Gasteiger partial charge >= 0.3 is 5.97 Å². The molecule has 0 saturated carbocycles. The number of sulfonamides is 1. The molecular weight excluding hydrogens is 460 g/mol. The van der Waals surface area contributed by atoms with Crippen LogP contribution in [0.25, 0.3) is 0 Å². The summed E-state index contributed by atoms with van der Waals surface area (Å²) in [4.78, 5) is 26.5. The van der Waals surface area contributed by atoms with E-state index in [9.17, 15) is 18.0 Å². The highest BCUT2D eigenvalue weighted by atomic mass is 32.2. The summed E-state index contributed by atoms with van der Waals surface area (Å²) in [6.45, 7) is 3.06. The first-order valence-electron chi connectivity index (χ1n) is 11.0. The predicted octanol–water partition coefficient (Wildman–Crippen LogP) is 2.94. The summed E-state index contributed by atoms with van der Waals surface area (Å²) >= 11 is 0. The number of amides is 1. The fourth-order valence-electron chi connectivity index (χ4n) is 3.85. The van der Waals surface area contributed by atoms with Gasteiger partial charge in [-0.1, -0.05) is 0 Å². The van der Waals surface area contributed by atoms with Gasteiger partial charge in [0.25, 0.3) is 15.9 Å². The van der Waals surface area contributed by atoms with E-state index in [2.05, 4.69) is 0 Å². The maximum absolute atomic E-state index is 13.1. The summed E-state index contributed by atoms with van der Waals surface area (Å²) in [5.41, 5.74) is 0.864. The summed E-state index contributed by atoms with van der Waals surface area (Å²) in [5, 5.41) is 0. The van der Waals surface area contributed by atoms with Gasteiger partial charge in [-0.3, -0.25) is 13.9 Å². The van der Waals surface area contributed by atoms with Crippen LogP contribution in [0.4, 0.5) is 5.69 Å². The molecule has 0 spiro atoms. The van der Waals surface area contributed by atoms with E-state index in [0.29, 0.717) is 55.3 Å². The monoisotopic (exact) mass is 490 g/mol. The molecule has 0 bridgehead atoms. The van der Waals surface area contributed by atoms with Crippen molar-refractivity contribution in [1.82, 2.24) is 4.90 Å². The molecular formula is C24H30N2O7S. The highest BCUT2D eigenvalue weighted by Crippen LogP contribution is 2.32. The Hall–Kier alpha value is -3.27. The zero-order chi connectivity index (χ0) is 24.9. The van der Waals surface area contributed by atoms with Crippen molar-refractivity contribution in [3.05, 3.63) is 48.0 Å². The van der Waals surface area contributed by atoms with E-state index in [0.717, 1.165) is 4.31 Å². The molecule has 0 aliphatic carbocycles. The molecule has 1 fully saturated rings. The lowest BCUT2D eigenvalue weighted by molar-refractivity contribution is -0.149. The lowest BCUT2D eigenvalue weighted by atomic mass is 9.96. The van der Waals surface area contributed by atoms with Crippen molar-refractivity contribution in [1.29, 1.82) is 0 Å². The second-order valence-electron chi connectivity index (χ2n) is 7.85. The third-order valence-electron chi connectivity index (χ3n) is 5.89. The van der Waals surface area contributed by atoms with Gasteiger partial charge in [0, 0.05) is 31.8 Å². The van der Waals surface area contributed by atoms with Crippen molar-refractivity contribution in [3.8, 4) is 11.5 Å². The largest absolute Gasteiger partial charge is 0.493 e. The van der Waals surface area contributed by atoms with Crippen LogP contribution in [0.3, 0.4) is 0 Å². The predicted molar refractivity (Wildman–Crippen MR) is 127 cm³/mol. The number of benzene rings is 2. The molecule has 184 valence electrons. The molecule has 0 N–H and O–H groups in total. The molecule has 1 aliphatic rings. The number of methoxy groups -OCH3 is 2. The fourth-order valence-corrected chi connectivity index (χ4v) is 5.06. The molecule has 0 atom stereocenters. The number of piperidine rings is 1. The van der Waals surface area contributed by atoms with Gasteiger partial charge in [0.2, 0.25) is 0 Å². The summed E-state index contributed by atoms with van der Waals surface area (Å²) in [6.07, 6.45) is 1.13. The van der Waals surface area contributed by atoms with Gasteiger partial charge in [-0.2, -0.15) is 0 Å². The molecule has 10 heteroatoms. The van der Waals surface area contributed by atoms with Crippen molar-refractivity contribution < 1.29 is 32.2 Å². The number of anilines is 1. The summed E-state index contributed by atoms with van der Waals surface area (Å²) in [6, 6.07) is 10.8. The van der Waals surface area contributed by atoms with Gasteiger partial charge in [0.05, 0.1) is 37.3 Å².